The Balaban J connectivity index is 1.83. The molecule has 0 fully saturated rings. The van der Waals surface area contributed by atoms with Crippen LogP contribution in [0.15, 0.2) is 57.3 Å². The number of nitrogens with zero attached hydrogens (tertiary/aromatic N) is 3. The highest BCUT2D eigenvalue weighted by atomic mass is 35.5. The summed E-state index contributed by atoms with van der Waals surface area (Å²) >= 11 is 7.50. The van der Waals surface area contributed by atoms with E-state index < -0.39 is 0 Å². The Morgan fingerprint density at radius 3 is 3.18 bits per heavy atom. The molecule has 1 N–H and O–H groups in total. The van der Waals surface area contributed by atoms with E-state index in [1.54, 1.807) is 30.3 Å². The maximum Gasteiger partial charge on any atom is 0.278 e. The normalized spacial score (nSPS) is 28.3. The number of hydrogen-bond acceptors (Lipinski definition) is 5. The fourth-order valence-corrected chi connectivity index (χ4v) is 3.29. The van der Waals surface area contributed by atoms with Gasteiger partial charge in [-0.15, -0.1) is 6.58 Å². The number of hydrogen-bond donors (Lipinski definition) is 1. The monoisotopic (exact) mass is 334 g/mol. The standard InChI is InChI=1S/C15H15ClN4OS/c1-3-4-22-15-19-12(14(21)20(15)2)5-9-7-17-13-11(9)6-10(16)8-18-13/h3,5-8,11,13,17H,1,4H2,2H3/b12-5-. The summed E-state index contributed by atoms with van der Waals surface area (Å²) in [6.45, 7) is 3.68. The number of halogens is 1. The van der Waals surface area contributed by atoms with E-state index >= 15 is 0 Å². The average molecular weight is 335 g/mol. The Morgan fingerprint density at radius 1 is 1.59 bits per heavy atom. The van der Waals surface area contributed by atoms with Crippen LogP contribution in [0.4, 0.5) is 0 Å². The molecular weight excluding hydrogens is 320 g/mol. The molecule has 3 rings (SSSR count). The quantitative estimate of drug-likeness (QED) is 0.636. The van der Waals surface area contributed by atoms with E-state index in [1.807, 2.05) is 12.3 Å². The van der Waals surface area contributed by atoms with Gasteiger partial charge < -0.3 is 5.32 Å². The van der Waals surface area contributed by atoms with E-state index in [0.29, 0.717) is 21.6 Å². The van der Waals surface area contributed by atoms with Crippen LogP contribution in [-0.2, 0) is 4.79 Å². The first-order valence-electron chi connectivity index (χ1n) is 6.79. The summed E-state index contributed by atoms with van der Waals surface area (Å²) in [5.41, 5.74) is 1.39. The van der Waals surface area contributed by atoms with Gasteiger partial charge in [0.25, 0.3) is 5.91 Å². The molecule has 0 aromatic rings. The number of carbonyl (C=O) groups excluding carboxylic acids is 1. The van der Waals surface area contributed by atoms with E-state index in [2.05, 4.69) is 21.9 Å². The Bertz CT molecular complexity index is 677. The summed E-state index contributed by atoms with van der Waals surface area (Å²) in [5.74, 6) is 0.639. The van der Waals surface area contributed by atoms with E-state index in [1.165, 1.54) is 11.8 Å². The van der Waals surface area contributed by atoms with Crippen LogP contribution in [0.1, 0.15) is 0 Å². The lowest BCUT2D eigenvalue weighted by molar-refractivity contribution is -0.121. The van der Waals surface area contributed by atoms with Gasteiger partial charge in [-0.1, -0.05) is 35.5 Å². The second kappa shape index (κ2) is 6.14. The second-order valence-electron chi connectivity index (χ2n) is 5.00. The van der Waals surface area contributed by atoms with Gasteiger partial charge in [0.1, 0.15) is 11.9 Å². The van der Waals surface area contributed by atoms with E-state index in [-0.39, 0.29) is 18.0 Å². The summed E-state index contributed by atoms with van der Waals surface area (Å²) in [6.07, 6.45) is 8.97. The topological polar surface area (TPSA) is 57.1 Å². The van der Waals surface area contributed by atoms with Crippen LogP contribution in [0.3, 0.4) is 0 Å². The van der Waals surface area contributed by atoms with Crippen molar-refractivity contribution in [2.45, 2.75) is 6.17 Å². The zero-order chi connectivity index (χ0) is 15.7. The number of rotatable bonds is 3. The van der Waals surface area contributed by atoms with Crippen molar-refractivity contribution >= 4 is 40.7 Å². The van der Waals surface area contributed by atoms with Crippen molar-refractivity contribution in [3.63, 3.8) is 0 Å². The minimum Gasteiger partial charge on any atom is -0.369 e. The average Bonchev–Trinajstić information content (AvgIpc) is 3.02. The number of dihydropyridines is 1. The van der Waals surface area contributed by atoms with Crippen LogP contribution in [0.2, 0.25) is 0 Å². The van der Waals surface area contributed by atoms with Crippen molar-refractivity contribution in [2.75, 3.05) is 12.8 Å². The number of amides is 1. The number of amidine groups is 1. The zero-order valence-corrected chi connectivity index (χ0v) is 13.6. The van der Waals surface area contributed by atoms with E-state index in [0.717, 1.165) is 5.57 Å². The Labute approximate surface area is 138 Å². The summed E-state index contributed by atoms with van der Waals surface area (Å²) < 4.78 is 0. The van der Waals surface area contributed by atoms with Crippen LogP contribution < -0.4 is 5.32 Å². The molecule has 0 aliphatic carbocycles. The molecule has 1 amide bonds. The predicted octanol–water partition coefficient (Wildman–Crippen LogP) is 2.25. The molecular formula is C15H15ClN4OS. The molecule has 2 atom stereocenters. The number of allylic oxidation sites excluding steroid dienone is 2. The third kappa shape index (κ3) is 2.76. The number of fused-ring (bicyclic) bond motifs is 1. The van der Waals surface area contributed by atoms with Gasteiger partial charge in [0, 0.05) is 31.1 Å². The molecule has 0 aromatic heterocycles. The largest absolute Gasteiger partial charge is 0.369 e. The first-order chi connectivity index (χ1) is 10.6. The molecule has 0 saturated carbocycles. The highest BCUT2D eigenvalue weighted by Gasteiger charge is 2.32. The molecule has 5 nitrogen and oxygen atoms in total. The third-order valence-electron chi connectivity index (χ3n) is 3.50. The summed E-state index contributed by atoms with van der Waals surface area (Å²) in [6, 6.07) is 0. The van der Waals surface area contributed by atoms with Crippen molar-refractivity contribution < 1.29 is 4.79 Å². The van der Waals surface area contributed by atoms with Crippen LogP contribution in [-0.4, -0.2) is 41.2 Å². The third-order valence-corrected chi connectivity index (χ3v) is 4.75. The van der Waals surface area contributed by atoms with Crippen molar-refractivity contribution in [2.24, 2.45) is 15.9 Å². The molecule has 3 aliphatic heterocycles. The smallest absolute Gasteiger partial charge is 0.278 e. The fraction of sp³-hybridized carbons (Fsp3) is 0.267. The summed E-state index contributed by atoms with van der Waals surface area (Å²) in [5, 5.41) is 4.47. The van der Waals surface area contributed by atoms with Crippen molar-refractivity contribution in [1.29, 1.82) is 0 Å². The Hall–Kier alpha value is -1.79. The van der Waals surface area contributed by atoms with Crippen molar-refractivity contribution in [3.05, 3.63) is 47.3 Å². The van der Waals surface area contributed by atoms with Gasteiger partial charge in [0.15, 0.2) is 5.17 Å². The highest BCUT2D eigenvalue weighted by molar-refractivity contribution is 8.14. The molecule has 2 unspecified atom stereocenters. The summed E-state index contributed by atoms with van der Waals surface area (Å²) in [7, 11) is 1.73. The molecule has 3 aliphatic rings. The molecule has 0 bridgehead atoms. The molecule has 0 spiro atoms. The van der Waals surface area contributed by atoms with Gasteiger partial charge in [-0.25, -0.2) is 4.99 Å². The second-order valence-corrected chi connectivity index (χ2v) is 6.42. The lowest BCUT2D eigenvalue weighted by Crippen LogP contribution is -2.27. The number of aliphatic imine (C=N–C) groups is 2. The fourth-order valence-electron chi connectivity index (χ4n) is 2.39. The lowest BCUT2D eigenvalue weighted by atomic mass is 9.97. The van der Waals surface area contributed by atoms with Gasteiger partial charge in [-0.3, -0.25) is 14.7 Å². The molecule has 0 saturated heterocycles. The predicted molar refractivity (Wildman–Crippen MR) is 91.9 cm³/mol. The Morgan fingerprint density at radius 2 is 2.41 bits per heavy atom. The Kier molecular flexibility index (Phi) is 4.22. The van der Waals surface area contributed by atoms with Crippen LogP contribution in [0, 0.1) is 5.92 Å². The molecule has 0 aromatic carbocycles. The lowest BCUT2D eigenvalue weighted by Gasteiger charge is -2.18. The maximum atomic E-state index is 12.3. The number of thioether (sulfide) groups is 1. The molecule has 114 valence electrons. The van der Waals surface area contributed by atoms with Crippen LogP contribution in [0.25, 0.3) is 0 Å². The van der Waals surface area contributed by atoms with Crippen molar-refractivity contribution in [1.82, 2.24) is 10.2 Å². The zero-order valence-electron chi connectivity index (χ0n) is 12.0. The SMILES string of the molecule is C=CCSC1=N/C(=C\C2=CNC3N=CC(Cl)=CC23)C(=O)N1C. The van der Waals surface area contributed by atoms with Gasteiger partial charge in [-0.2, -0.15) is 0 Å². The number of carbonyl (C=O) groups is 1. The minimum absolute atomic E-state index is 0.0307. The molecule has 7 heteroatoms. The minimum atomic E-state index is -0.106. The van der Waals surface area contributed by atoms with Crippen LogP contribution >= 0.6 is 23.4 Å². The first-order valence-corrected chi connectivity index (χ1v) is 8.15. The molecule has 3 heterocycles. The van der Waals surface area contributed by atoms with Crippen LogP contribution in [0.5, 0.6) is 0 Å². The highest BCUT2D eigenvalue weighted by Crippen LogP contribution is 2.31. The summed E-state index contributed by atoms with van der Waals surface area (Å²) in [4.78, 5) is 22.6. The molecule has 0 radical (unpaired) electrons. The molecule has 22 heavy (non-hydrogen) atoms. The first kappa shape index (κ1) is 15.1. The number of nitrogens with one attached hydrogen (secondary N) is 1. The van der Waals surface area contributed by atoms with Gasteiger partial charge in [0.05, 0.1) is 5.03 Å². The number of likely N-dealkylation sites (N-methyl/N-ethyl adjacent to an activating group) is 1. The van der Waals surface area contributed by atoms with Gasteiger partial charge in [0.2, 0.25) is 0 Å². The van der Waals surface area contributed by atoms with E-state index in [9.17, 15) is 4.79 Å². The van der Waals surface area contributed by atoms with Crippen molar-refractivity contribution in [3.8, 4) is 0 Å². The van der Waals surface area contributed by atoms with E-state index in [4.69, 9.17) is 11.6 Å². The maximum absolute atomic E-state index is 12.3. The van der Waals surface area contributed by atoms with Gasteiger partial charge >= 0.3 is 0 Å². The van der Waals surface area contributed by atoms with Gasteiger partial charge in [-0.05, 0) is 11.6 Å².